The highest BCUT2D eigenvalue weighted by Gasteiger charge is 2.27. The van der Waals surface area contributed by atoms with Crippen LogP contribution >= 0.6 is 15.9 Å². The Hall–Kier alpha value is -1.54. The van der Waals surface area contributed by atoms with E-state index in [2.05, 4.69) is 27.3 Å². The zero-order valence-corrected chi connectivity index (χ0v) is 12.8. The third-order valence-corrected chi connectivity index (χ3v) is 3.35. The van der Waals surface area contributed by atoms with Crippen LogP contribution in [0.4, 0.5) is 5.69 Å². The lowest BCUT2D eigenvalue weighted by molar-refractivity contribution is -0.137. The van der Waals surface area contributed by atoms with Crippen molar-refractivity contribution in [1.82, 2.24) is 0 Å². The number of rotatable bonds is 4. The molecule has 0 radical (unpaired) electrons. The van der Waals surface area contributed by atoms with Crippen molar-refractivity contribution in [3.8, 4) is 6.07 Å². The predicted molar refractivity (Wildman–Crippen MR) is 78.0 cm³/mol. The molecule has 0 spiro atoms. The van der Waals surface area contributed by atoms with Crippen molar-refractivity contribution in [2.24, 2.45) is 5.41 Å². The lowest BCUT2D eigenvalue weighted by Gasteiger charge is -2.31. The van der Waals surface area contributed by atoms with Crippen molar-refractivity contribution < 1.29 is 9.90 Å². The Balaban J connectivity index is 3.06. The van der Waals surface area contributed by atoms with Gasteiger partial charge in [-0.1, -0.05) is 36.7 Å². The summed E-state index contributed by atoms with van der Waals surface area (Å²) in [6, 6.07) is 7.12. The molecule has 2 N–H and O–H groups in total. The summed E-state index contributed by atoms with van der Waals surface area (Å²) >= 11 is 3.35. The van der Waals surface area contributed by atoms with Gasteiger partial charge in [0, 0.05) is 10.5 Å². The number of aliphatic carboxylic acids is 1. The summed E-state index contributed by atoms with van der Waals surface area (Å²) in [5, 5.41) is 21.3. The molecule has 0 saturated heterocycles. The number of carboxylic acid groups (broad SMARTS) is 1. The van der Waals surface area contributed by atoms with E-state index >= 15 is 0 Å². The fraction of sp³-hybridized carbons (Fsp3) is 0.429. The lowest BCUT2D eigenvalue weighted by Crippen LogP contribution is -2.36. The summed E-state index contributed by atoms with van der Waals surface area (Å²) in [5.74, 6) is -0.860. The van der Waals surface area contributed by atoms with Crippen molar-refractivity contribution in [3.63, 3.8) is 0 Å². The minimum atomic E-state index is -0.860. The van der Waals surface area contributed by atoms with E-state index in [1.807, 2.05) is 20.8 Å². The van der Waals surface area contributed by atoms with E-state index in [0.717, 1.165) is 4.47 Å². The molecule has 1 aromatic carbocycles. The Bertz CT molecular complexity index is 515. The van der Waals surface area contributed by atoms with Crippen LogP contribution in [-0.2, 0) is 4.79 Å². The largest absolute Gasteiger partial charge is 0.481 e. The topological polar surface area (TPSA) is 73.1 Å². The van der Waals surface area contributed by atoms with Gasteiger partial charge in [-0.2, -0.15) is 5.26 Å². The number of carboxylic acids is 1. The molecule has 1 unspecified atom stereocenters. The SMILES string of the molecule is CC(C)(C)C(CC(=O)O)Nc1cc(Br)ccc1C#N. The van der Waals surface area contributed by atoms with Gasteiger partial charge in [-0.05, 0) is 23.6 Å². The van der Waals surface area contributed by atoms with E-state index < -0.39 is 5.97 Å². The first kappa shape index (κ1) is 15.5. The number of hydrogen-bond donors (Lipinski definition) is 2. The summed E-state index contributed by atoms with van der Waals surface area (Å²) in [6.45, 7) is 5.91. The third-order valence-electron chi connectivity index (χ3n) is 2.86. The highest BCUT2D eigenvalue weighted by Crippen LogP contribution is 2.28. The second-order valence-corrected chi connectivity index (χ2v) is 6.38. The van der Waals surface area contributed by atoms with E-state index in [4.69, 9.17) is 10.4 Å². The first-order valence-corrected chi connectivity index (χ1v) is 6.71. The average Bonchev–Trinajstić information content (AvgIpc) is 2.26. The molecule has 102 valence electrons. The Labute approximate surface area is 121 Å². The number of benzene rings is 1. The van der Waals surface area contributed by atoms with Crippen LogP contribution in [0.5, 0.6) is 0 Å². The number of anilines is 1. The van der Waals surface area contributed by atoms with Crippen molar-refractivity contribution in [1.29, 1.82) is 5.26 Å². The molecule has 4 nitrogen and oxygen atoms in total. The standard InChI is InChI=1S/C14H17BrN2O2/c1-14(2,3)12(7-13(18)19)17-11-6-10(15)5-4-9(11)8-16/h4-6,12,17H,7H2,1-3H3,(H,18,19). The summed E-state index contributed by atoms with van der Waals surface area (Å²) < 4.78 is 0.844. The van der Waals surface area contributed by atoms with Crippen LogP contribution in [0.25, 0.3) is 0 Å². The quantitative estimate of drug-likeness (QED) is 0.887. The maximum absolute atomic E-state index is 11.0. The second kappa shape index (κ2) is 6.07. The van der Waals surface area contributed by atoms with E-state index in [0.29, 0.717) is 11.3 Å². The highest BCUT2D eigenvalue weighted by atomic mass is 79.9. The van der Waals surface area contributed by atoms with Crippen LogP contribution in [0.15, 0.2) is 22.7 Å². The fourth-order valence-corrected chi connectivity index (χ4v) is 2.03. The zero-order valence-electron chi connectivity index (χ0n) is 11.2. The Morgan fingerprint density at radius 3 is 2.63 bits per heavy atom. The van der Waals surface area contributed by atoms with Crippen LogP contribution in [0.1, 0.15) is 32.8 Å². The molecular weight excluding hydrogens is 308 g/mol. The molecule has 1 atom stereocenters. The molecule has 1 rings (SSSR count). The van der Waals surface area contributed by atoms with E-state index in [-0.39, 0.29) is 17.9 Å². The predicted octanol–water partition coefficient (Wildman–Crippen LogP) is 3.62. The van der Waals surface area contributed by atoms with Gasteiger partial charge < -0.3 is 10.4 Å². The van der Waals surface area contributed by atoms with Gasteiger partial charge in [0.1, 0.15) is 6.07 Å². The van der Waals surface area contributed by atoms with Gasteiger partial charge in [-0.3, -0.25) is 4.79 Å². The van der Waals surface area contributed by atoms with E-state index in [1.165, 1.54) is 0 Å². The fourth-order valence-electron chi connectivity index (χ4n) is 1.67. The number of halogens is 1. The Morgan fingerprint density at radius 2 is 2.16 bits per heavy atom. The molecule has 0 fully saturated rings. The molecule has 19 heavy (non-hydrogen) atoms. The van der Waals surface area contributed by atoms with Gasteiger partial charge in [-0.25, -0.2) is 0 Å². The van der Waals surface area contributed by atoms with Gasteiger partial charge in [0.2, 0.25) is 0 Å². The van der Waals surface area contributed by atoms with Gasteiger partial charge in [-0.15, -0.1) is 0 Å². The van der Waals surface area contributed by atoms with Crippen LogP contribution in [-0.4, -0.2) is 17.1 Å². The molecule has 0 bridgehead atoms. The number of carbonyl (C=O) groups is 1. The summed E-state index contributed by atoms with van der Waals surface area (Å²) in [4.78, 5) is 11.0. The minimum absolute atomic E-state index is 0.000875. The molecule has 0 amide bonds. The minimum Gasteiger partial charge on any atom is -0.481 e. The molecule has 1 aromatic rings. The summed E-state index contributed by atoms with van der Waals surface area (Å²) in [7, 11) is 0. The zero-order chi connectivity index (χ0) is 14.6. The smallest absolute Gasteiger partial charge is 0.305 e. The average molecular weight is 325 g/mol. The van der Waals surface area contributed by atoms with Crippen molar-refractivity contribution in [2.45, 2.75) is 33.2 Å². The molecular formula is C14H17BrN2O2. The first-order chi connectivity index (χ1) is 8.74. The molecule has 0 aliphatic rings. The maximum atomic E-state index is 11.0. The molecule has 0 heterocycles. The maximum Gasteiger partial charge on any atom is 0.305 e. The Morgan fingerprint density at radius 1 is 1.53 bits per heavy atom. The molecule has 5 heteroatoms. The third kappa shape index (κ3) is 4.56. The van der Waals surface area contributed by atoms with Gasteiger partial charge >= 0.3 is 5.97 Å². The van der Waals surface area contributed by atoms with Gasteiger partial charge in [0.05, 0.1) is 17.7 Å². The van der Waals surface area contributed by atoms with Crippen molar-refractivity contribution >= 4 is 27.6 Å². The molecule has 0 saturated carbocycles. The van der Waals surface area contributed by atoms with E-state index in [1.54, 1.807) is 18.2 Å². The monoisotopic (exact) mass is 324 g/mol. The normalized spacial score (nSPS) is 12.6. The highest BCUT2D eigenvalue weighted by molar-refractivity contribution is 9.10. The Kier molecular flexibility index (Phi) is 4.96. The number of nitriles is 1. The number of nitrogens with one attached hydrogen (secondary N) is 1. The van der Waals surface area contributed by atoms with E-state index in [9.17, 15) is 4.79 Å². The van der Waals surface area contributed by atoms with Crippen LogP contribution < -0.4 is 5.32 Å². The number of nitrogens with zero attached hydrogens (tertiary/aromatic N) is 1. The summed E-state index contributed by atoms with van der Waals surface area (Å²) in [6.07, 6.45) is 0.000875. The summed E-state index contributed by atoms with van der Waals surface area (Å²) in [5.41, 5.74) is 0.925. The van der Waals surface area contributed by atoms with Crippen LogP contribution in [0.2, 0.25) is 0 Å². The molecule has 0 aliphatic heterocycles. The van der Waals surface area contributed by atoms with Crippen molar-refractivity contribution in [2.75, 3.05) is 5.32 Å². The lowest BCUT2D eigenvalue weighted by atomic mass is 9.84. The van der Waals surface area contributed by atoms with Crippen LogP contribution in [0, 0.1) is 16.7 Å². The van der Waals surface area contributed by atoms with Crippen molar-refractivity contribution in [3.05, 3.63) is 28.2 Å². The molecule has 0 aliphatic carbocycles. The first-order valence-electron chi connectivity index (χ1n) is 5.92. The van der Waals surface area contributed by atoms with Crippen LogP contribution in [0.3, 0.4) is 0 Å². The molecule has 0 aromatic heterocycles. The van der Waals surface area contributed by atoms with Gasteiger partial charge in [0.25, 0.3) is 0 Å². The van der Waals surface area contributed by atoms with Gasteiger partial charge in [0.15, 0.2) is 0 Å². The second-order valence-electron chi connectivity index (χ2n) is 5.46. The number of hydrogen-bond acceptors (Lipinski definition) is 3.